The van der Waals surface area contributed by atoms with Crippen LogP contribution in [-0.2, 0) is 14.3 Å². The molecule has 0 aliphatic carbocycles. The van der Waals surface area contributed by atoms with Crippen LogP contribution in [0.1, 0.15) is 12.8 Å². The molecule has 1 heterocycles. The molecule has 0 saturated carbocycles. The van der Waals surface area contributed by atoms with Gasteiger partial charge in [0, 0.05) is 25.3 Å². The average molecular weight is 296 g/mol. The van der Waals surface area contributed by atoms with Crippen molar-refractivity contribution in [3.8, 4) is 0 Å². The zero-order valence-corrected chi connectivity index (χ0v) is 11.0. The first-order valence-corrected chi connectivity index (χ1v) is 6.21. The van der Waals surface area contributed by atoms with Gasteiger partial charge >= 0.3 is 5.97 Å². The van der Waals surface area contributed by atoms with Gasteiger partial charge in [0.15, 0.2) is 0 Å². The predicted molar refractivity (Wildman–Crippen MR) is 62.6 cm³/mol. The number of hydrogen-bond donors (Lipinski definition) is 2. The summed E-state index contributed by atoms with van der Waals surface area (Å²) in [5.74, 6) is -0.312. The summed E-state index contributed by atoms with van der Waals surface area (Å²) >= 11 is 3.23. The third kappa shape index (κ3) is 3.69. The van der Waals surface area contributed by atoms with Crippen LogP contribution in [0.15, 0.2) is 0 Å². The molecule has 1 fully saturated rings. The third-order valence-electron chi connectivity index (χ3n) is 2.87. The number of ether oxygens (including phenoxy) is 2. The van der Waals surface area contributed by atoms with E-state index in [9.17, 15) is 9.90 Å². The fourth-order valence-corrected chi connectivity index (χ4v) is 2.02. The highest BCUT2D eigenvalue weighted by atomic mass is 79.9. The molecule has 0 bridgehead atoms. The maximum atomic E-state index is 11.2. The number of nitrogens with one attached hydrogen (secondary N) is 1. The van der Waals surface area contributed by atoms with Gasteiger partial charge in [0.2, 0.25) is 0 Å². The molecule has 1 aliphatic rings. The van der Waals surface area contributed by atoms with E-state index >= 15 is 0 Å². The van der Waals surface area contributed by atoms with Crippen molar-refractivity contribution in [3.63, 3.8) is 0 Å². The minimum absolute atomic E-state index is 0.0528. The molecule has 1 aliphatic heterocycles. The predicted octanol–water partition coefficient (Wildman–Crippen LogP) is 0.0540. The van der Waals surface area contributed by atoms with Crippen molar-refractivity contribution < 1.29 is 19.4 Å². The second kappa shape index (κ2) is 6.54. The largest absolute Gasteiger partial charge is 0.468 e. The van der Waals surface area contributed by atoms with Crippen molar-refractivity contribution in [3.05, 3.63) is 0 Å². The number of halogens is 1. The van der Waals surface area contributed by atoms with E-state index in [1.54, 1.807) is 0 Å². The van der Waals surface area contributed by atoms with Gasteiger partial charge in [-0.05, 0) is 12.8 Å². The lowest BCUT2D eigenvalue weighted by atomic mass is 9.91. The molecular formula is C10H18BrNO4. The molecule has 94 valence electrons. The standard InChI is InChI=1S/C10H18BrNO4/c1-15-9(14)8(11)6-12-10(7-13)2-4-16-5-3-10/h8,12-13H,2-7H2,1H3. The molecular weight excluding hydrogens is 278 g/mol. The Labute approximate surface area is 104 Å². The van der Waals surface area contributed by atoms with Crippen LogP contribution in [0.25, 0.3) is 0 Å². The third-order valence-corrected chi connectivity index (χ3v) is 3.56. The number of methoxy groups -OCH3 is 1. The number of hydrogen-bond acceptors (Lipinski definition) is 5. The molecule has 0 aromatic heterocycles. The van der Waals surface area contributed by atoms with Crippen molar-refractivity contribution in [1.29, 1.82) is 0 Å². The number of rotatable bonds is 5. The Hall–Kier alpha value is -0.170. The fraction of sp³-hybridized carbons (Fsp3) is 0.900. The van der Waals surface area contributed by atoms with E-state index in [1.807, 2.05) is 0 Å². The van der Waals surface area contributed by atoms with Gasteiger partial charge < -0.3 is 19.9 Å². The summed E-state index contributed by atoms with van der Waals surface area (Å²) < 4.78 is 9.85. The molecule has 2 N–H and O–H groups in total. The van der Waals surface area contributed by atoms with Gasteiger partial charge in [0.25, 0.3) is 0 Å². The Morgan fingerprint density at radius 1 is 1.62 bits per heavy atom. The van der Waals surface area contributed by atoms with Gasteiger partial charge in [-0.1, -0.05) is 15.9 Å². The molecule has 0 spiro atoms. The van der Waals surface area contributed by atoms with E-state index < -0.39 is 0 Å². The number of carbonyl (C=O) groups excluding carboxylic acids is 1. The lowest BCUT2D eigenvalue weighted by Crippen LogP contribution is -2.54. The molecule has 1 saturated heterocycles. The van der Waals surface area contributed by atoms with E-state index in [0.717, 1.165) is 12.8 Å². The van der Waals surface area contributed by atoms with Crippen LogP contribution in [0.3, 0.4) is 0 Å². The normalized spacial score (nSPS) is 21.4. The number of aliphatic hydroxyl groups excluding tert-OH is 1. The minimum atomic E-state index is -0.385. The summed E-state index contributed by atoms with van der Waals surface area (Å²) in [5, 5.41) is 12.6. The van der Waals surface area contributed by atoms with Crippen molar-refractivity contribution in [2.24, 2.45) is 0 Å². The monoisotopic (exact) mass is 295 g/mol. The van der Waals surface area contributed by atoms with Crippen molar-refractivity contribution in [2.45, 2.75) is 23.2 Å². The van der Waals surface area contributed by atoms with Crippen LogP contribution in [0.2, 0.25) is 0 Å². The van der Waals surface area contributed by atoms with E-state index in [0.29, 0.717) is 19.8 Å². The van der Waals surface area contributed by atoms with E-state index in [4.69, 9.17) is 4.74 Å². The molecule has 1 rings (SSSR count). The number of carbonyl (C=O) groups is 1. The highest BCUT2D eigenvalue weighted by Crippen LogP contribution is 2.20. The fourth-order valence-electron chi connectivity index (χ4n) is 1.67. The SMILES string of the molecule is COC(=O)C(Br)CNC1(CO)CCOCC1. The molecule has 0 aromatic rings. The zero-order chi connectivity index (χ0) is 12.0. The Bertz CT molecular complexity index is 231. The Morgan fingerprint density at radius 2 is 2.25 bits per heavy atom. The van der Waals surface area contributed by atoms with E-state index in [-0.39, 0.29) is 22.9 Å². The van der Waals surface area contributed by atoms with Gasteiger partial charge in [0.05, 0.1) is 13.7 Å². The maximum absolute atomic E-state index is 11.2. The van der Waals surface area contributed by atoms with Gasteiger partial charge in [0.1, 0.15) is 4.83 Å². The Morgan fingerprint density at radius 3 is 2.75 bits per heavy atom. The second-order valence-electron chi connectivity index (χ2n) is 3.92. The maximum Gasteiger partial charge on any atom is 0.320 e. The average Bonchev–Trinajstić information content (AvgIpc) is 2.36. The van der Waals surface area contributed by atoms with E-state index in [1.165, 1.54) is 7.11 Å². The molecule has 6 heteroatoms. The second-order valence-corrected chi connectivity index (χ2v) is 5.03. The number of aliphatic hydroxyl groups is 1. The topological polar surface area (TPSA) is 67.8 Å². The Balaban J connectivity index is 2.41. The van der Waals surface area contributed by atoms with Gasteiger partial charge in [-0.25, -0.2) is 0 Å². The minimum Gasteiger partial charge on any atom is -0.468 e. The molecule has 0 amide bonds. The van der Waals surface area contributed by atoms with Crippen LogP contribution >= 0.6 is 15.9 Å². The van der Waals surface area contributed by atoms with Crippen LogP contribution in [0.5, 0.6) is 0 Å². The molecule has 1 unspecified atom stereocenters. The smallest absolute Gasteiger partial charge is 0.320 e. The quantitative estimate of drug-likeness (QED) is 0.554. The molecule has 16 heavy (non-hydrogen) atoms. The molecule has 5 nitrogen and oxygen atoms in total. The van der Waals surface area contributed by atoms with Gasteiger partial charge in [-0.2, -0.15) is 0 Å². The van der Waals surface area contributed by atoms with Gasteiger partial charge in [-0.3, -0.25) is 4.79 Å². The summed E-state index contributed by atoms with van der Waals surface area (Å²) in [6, 6.07) is 0. The molecule has 0 radical (unpaired) electrons. The summed E-state index contributed by atoms with van der Waals surface area (Å²) in [6.07, 6.45) is 1.51. The van der Waals surface area contributed by atoms with Crippen LogP contribution in [0.4, 0.5) is 0 Å². The summed E-state index contributed by atoms with van der Waals surface area (Å²) in [5.41, 5.74) is -0.321. The highest BCUT2D eigenvalue weighted by molar-refractivity contribution is 9.10. The zero-order valence-electron chi connectivity index (χ0n) is 9.37. The molecule has 1 atom stereocenters. The van der Waals surface area contributed by atoms with Gasteiger partial charge in [-0.15, -0.1) is 0 Å². The molecule has 0 aromatic carbocycles. The van der Waals surface area contributed by atoms with E-state index in [2.05, 4.69) is 26.0 Å². The van der Waals surface area contributed by atoms with Crippen LogP contribution in [0, 0.1) is 0 Å². The highest BCUT2D eigenvalue weighted by Gasteiger charge is 2.32. The number of esters is 1. The lowest BCUT2D eigenvalue weighted by Gasteiger charge is -2.37. The van der Waals surface area contributed by atoms with Crippen molar-refractivity contribution in [2.75, 3.05) is 33.5 Å². The van der Waals surface area contributed by atoms with Crippen LogP contribution in [-0.4, -0.2) is 54.9 Å². The Kier molecular flexibility index (Phi) is 5.68. The lowest BCUT2D eigenvalue weighted by molar-refractivity contribution is -0.139. The summed E-state index contributed by atoms with van der Waals surface area (Å²) in [7, 11) is 1.35. The van der Waals surface area contributed by atoms with Crippen LogP contribution < -0.4 is 5.32 Å². The van der Waals surface area contributed by atoms with Crippen molar-refractivity contribution >= 4 is 21.9 Å². The first-order chi connectivity index (χ1) is 7.63. The number of alkyl halides is 1. The first-order valence-electron chi connectivity index (χ1n) is 5.29. The summed E-state index contributed by atoms with van der Waals surface area (Å²) in [6.45, 7) is 1.77. The summed E-state index contributed by atoms with van der Waals surface area (Å²) in [4.78, 5) is 10.8. The first kappa shape index (κ1) is 13.9. The van der Waals surface area contributed by atoms with Crippen molar-refractivity contribution in [1.82, 2.24) is 5.32 Å².